The van der Waals surface area contributed by atoms with Crippen LogP contribution in [0.15, 0.2) is 96.5 Å². The average molecular weight is 1060 g/mol. The standard InChI is InChI=1S/C50H50F3N7O8S2.C4H10/c1-31-45(70-30-57-31)34-11-9-33(10-12-34)26-56-46(64)42-24-38(61)28-58(42)44(63)27-55-43(62)29-66-20-21-68-40-8-4-6-32(22-40)7-5-19-67-39-17-15-36(16-18-39)60-48(69)59(47(65)49(60,2)3)37-14-13-35(25-54)41(23-37)50(51,52)53;1-4(2)3/h4,6,8-18,22-23,30,38,42,61H,5,7,19-21,24,26-29H2,1-3H3,(H,55,62)(H,56,64);4H,1-3H3/t38-,42?;/m0./s1. The molecule has 0 spiro atoms. The number of carbonyl (C=O) groups is 4. The minimum absolute atomic E-state index is 0.00892. The van der Waals surface area contributed by atoms with E-state index in [9.17, 15) is 42.7 Å². The molecule has 2 atom stereocenters. The Bertz CT molecular complexity index is 2810. The molecule has 0 aliphatic carbocycles. The lowest BCUT2D eigenvalue weighted by atomic mass is 10.0. The van der Waals surface area contributed by atoms with E-state index in [2.05, 4.69) is 36.4 Å². The molecular weight excluding hydrogens is 996 g/mol. The van der Waals surface area contributed by atoms with Crippen molar-refractivity contribution in [2.45, 2.75) is 91.2 Å². The molecule has 5 aromatic rings. The van der Waals surface area contributed by atoms with Gasteiger partial charge in [0.05, 0.1) is 64.8 Å². The third kappa shape index (κ3) is 14.6. The molecule has 3 N–H and O–H groups in total. The summed E-state index contributed by atoms with van der Waals surface area (Å²) in [5, 5.41) is 24.9. The number of halogens is 3. The number of aromatic nitrogens is 1. The van der Waals surface area contributed by atoms with Gasteiger partial charge in [0.15, 0.2) is 5.11 Å². The molecule has 1 aromatic heterocycles. The fourth-order valence-corrected chi connectivity index (χ4v) is 9.45. The van der Waals surface area contributed by atoms with Gasteiger partial charge in [0, 0.05) is 25.2 Å². The molecule has 15 nitrogen and oxygen atoms in total. The van der Waals surface area contributed by atoms with Crippen LogP contribution in [0.25, 0.3) is 10.4 Å². The predicted octanol–water partition coefficient (Wildman–Crippen LogP) is 8.39. The Morgan fingerprint density at radius 2 is 1.62 bits per heavy atom. The van der Waals surface area contributed by atoms with Crippen molar-refractivity contribution in [1.29, 1.82) is 5.26 Å². The molecule has 2 aliphatic heterocycles. The molecular formula is C54H60F3N7O8S2. The molecule has 0 bridgehead atoms. The molecule has 20 heteroatoms. The first-order valence-electron chi connectivity index (χ1n) is 24.0. The van der Waals surface area contributed by atoms with Crippen LogP contribution in [0.2, 0.25) is 0 Å². The number of anilines is 2. The van der Waals surface area contributed by atoms with Crippen LogP contribution in [0.3, 0.4) is 0 Å². The number of ether oxygens (including phenoxy) is 3. The van der Waals surface area contributed by atoms with Crippen LogP contribution in [0.5, 0.6) is 11.5 Å². The van der Waals surface area contributed by atoms with Gasteiger partial charge in [-0.15, -0.1) is 11.3 Å². The maximum Gasteiger partial charge on any atom is 0.417 e. The zero-order chi connectivity index (χ0) is 53.7. The Hall–Kier alpha value is -6.92. The number of carbonyl (C=O) groups excluding carboxylic acids is 4. The van der Waals surface area contributed by atoms with E-state index in [1.807, 2.05) is 49.4 Å². The highest BCUT2D eigenvalue weighted by atomic mass is 32.1. The summed E-state index contributed by atoms with van der Waals surface area (Å²) >= 11 is 7.19. The van der Waals surface area contributed by atoms with Gasteiger partial charge in [-0.25, -0.2) is 4.98 Å². The van der Waals surface area contributed by atoms with E-state index in [0.29, 0.717) is 36.6 Å². The molecule has 0 saturated carbocycles. The van der Waals surface area contributed by atoms with E-state index >= 15 is 0 Å². The summed E-state index contributed by atoms with van der Waals surface area (Å²) < 4.78 is 58.4. The summed E-state index contributed by atoms with van der Waals surface area (Å²) in [5.74, 6) is 0.0612. The van der Waals surface area contributed by atoms with Gasteiger partial charge in [-0.2, -0.15) is 18.4 Å². The zero-order valence-electron chi connectivity index (χ0n) is 42.0. The highest BCUT2D eigenvalue weighted by Crippen LogP contribution is 2.40. The Morgan fingerprint density at radius 3 is 2.28 bits per heavy atom. The lowest BCUT2D eigenvalue weighted by molar-refractivity contribution is -0.139. The first-order chi connectivity index (χ1) is 35.2. The lowest BCUT2D eigenvalue weighted by Gasteiger charge is -2.29. The van der Waals surface area contributed by atoms with Crippen LogP contribution in [0.1, 0.15) is 75.4 Å². The van der Waals surface area contributed by atoms with E-state index < -0.39 is 58.6 Å². The largest absolute Gasteiger partial charge is 0.494 e. The normalized spacial score (nSPS) is 16.2. The molecule has 2 fully saturated rings. The van der Waals surface area contributed by atoms with Crippen LogP contribution >= 0.6 is 23.6 Å². The number of nitriles is 1. The molecule has 7 rings (SSSR count). The Morgan fingerprint density at radius 1 is 0.932 bits per heavy atom. The summed E-state index contributed by atoms with van der Waals surface area (Å²) in [7, 11) is 0. The van der Waals surface area contributed by atoms with E-state index in [4.69, 9.17) is 26.4 Å². The van der Waals surface area contributed by atoms with Crippen LogP contribution in [-0.4, -0.2) is 101 Å². The van der Waals surface area contributed by atoms with Gasteiger partial charge in [0.25, 0.3) is 5.91 Å². The second-order valence-electron chi connectivity index (χ2n) is 18.8. The van der Waals surface area contributed by atoms with E-state index in [-0.39, 0.29) is 56.7 Å². The van der Waals surface area contributed by atoms with Crippen molar-refractivity contribution in [3.05, 3.63) is 124 Å². The molecule has 392 valence electrons. The lowest BCUT2D eigenvalue weighted by Crippen LogP contribution is -2.49. The topological polar surface area (TPSA) is 187 Å². The van der Waals surface area contributed by atoms with Crippen molar-refractivity contribution in [2.75, 3.05) is 49.3 Å². The Labute approximate surface area is 438 Å². The van der Waals surface area contributed by atoms with Gasteiger partial charge < -0.3 is 39.8 Å². The number of benzene rings is 4. The minimum Gasteiger partial charge on any atom is -0.494 e. The number of likely N-dealkylation sites (tertiary alicyclic amines) is 1. The van der Waals surface area contributed by atoms with E-state index in [1.165, 1.54) is 11.0 Å². The number of thiocarbonyl (C=S) groups is 1. The highest BCUT2D eigenvalue weighted by molar-refractivity contribution is 7.81. The van der Waals surface area contributed by atoms with Gasteiger partial charge in [-0.05, 0) is 123 Å². The smallest absolute Gasteiger partial charge is 0.417 e. The minimum atomic E-state index is -4.81. The molecule has 2 saturated heterocycles. The number of aliphatic hydroxyl groups excluding tert-OH is 1. The van der Waals surface area contributed by atoms with Crippen LogP contribution in [-0.2, 0) is 43.1 Å². The Kier molecular flexibility index (Phi) is 19.3. The number of nitrogens with one attached hydrogen (secondary N) is 2. The van der Waals surface area contributed by atoms with Crippen LogP contribution in [0, 0.1) is 24.2 Å². The van der Waals surface area contributed by atoms with Gasteiger partial charge in [0.1, 0.15) is 36.3 Å². The summed E-state index contributed by atoms with van der Waals surface area (Å²) in [6.07, 6.45) is -4.25. The number of nitrogens with zero attached hydrogens (tertiary/aromatic N) is 5. The second-order valence-corrected chi connectivity index (χ2v) is 20.0. The average Bonchev–Trinajstić information content (AvgIpc) is 4.03. The monoisotopic (exact) mass is 1060 g/mol. The maximum absolute atomic E-state index is 13.7. The third-order valence-corrected chi connectivity index (χ3v) is 13.1. The summed E-state index contributed by atoms with van der Waals surface area (Å²) in [5.41, 5.74) is 3.15. The highest BCUT2D eigenvalue weighted by Gasteiger charge is 2.51. The van der Waals surface area contributed by atoms with Gasteiger partial charge in [0.2, 0.25) is 17.7 Å². The van der Waals surface area contributed by atoms with Gasteiger partial charge in [-0.3, -0.25) is 24.1 Å². The molecule has 1 unspecified atom stereocenters. The maximum atomic E-state index is 13.7. The first-order valence-corrected chi connectivity index (χ1v) is 25.3. The van der Waals surface area contributed by atoms with Crippen molar-refractivity contribution in [2.24, 2.45) is 5.92 Å². The fraction of sp³-hybridized carbons (Fsp3) is 0.389. The molecule has 2 aliphatic rings. The number of aryl methyl sites for hydroxylation is 2. The van der Waals surface area contributed by atoms with Crippen molar-refractivity contribution >= 4 is 63.7 Å². The number of alkyl halides is 3. The van der Waals surface area contributed by atoms with Crippen LogP contribution in [0.4, 0.5) is 24.5 Å². The van der Waals surface area contributed by atoms with Crippen molar-refractivity contribution in [3.63, 3.8) is 0 Å². The molecule has 4 amide bonds. The predicted molar refractivity (Wildman–Crippen MR) is 280 cm³/mol. The fourth-order valence-electron chi connectivity index (χ4n) is 8.12. The van der Waals surface area contributed by atoms with Gasteiger partial charge >= 0.3 is 6.18 Å². The van der Waals surface area contributed by atoms with Crippen LogP contribution < -0.4 is 29.9 Å². The second kappa shape index (κ2) is 25.3. The summed E-state index contributed by atoms with van der Waals surface area (Å²) in [6, 6.07) is 25.9. The SMILES string of the molecule is CC(C)C.Cc1ncsc1-c1ccc(CNC(=O)C2C[C@H](O)CN2C(=O)CNC(=O)COCCOc2cccc(CCCOc3ccc(N4C(=S)N(c5ccc(C#N)c(C(F)(F)F)c5)C(=O)C4(C)C)cc3)c2)cc1. The summed E-state index contributed by atoms with van der Waals surface area (Å²) in [4.78, 5) is 61.5. The number of β-amino-alcohol motifs (C(OH)–C–C–N with tert-alkyl or cyclic N) is 1. The van der Waals surface area contributed by atoms with E-state index in [1.54, 1.807) is 72.0 Å². The zero-order valence-corrected chi connectivity index (χ0v) is 43.7. The van der Waals surface area contributed by atoms with Crippen molar-refractivity contribution in [1.82, 2.24) is 20.5 Å². The molecule has 3 heterocycles. The van der Waals surface area contributed by atoms with Gasteiger partial charge in [-0.1, -0.05) is 57.2 Å². The molecule has 4 aromatic carbocycles. The quantitative estimate of drug-likeness (QED) is 0.0531. The molecule has 74 heavy (non-hydrogen) atoms. The first kappa shape index (κ1) is 56.4. The molecule has 0 radical (unpaired) electrons. The van der Waals surface area contributed by atoms with E-state index in [0.717, 1.165) is 50.2 Å². The van der Waals surface area contributed by atoms with Crippen molar-refractivity contribution in [3.8, 4) is 28.0 Å². The number of thiazole rings is 1. The third-order valence-electron chi connectivity index (χ3n) is 11.7. The number of amides is 4. The summed E-state index contributed by atoms with van der Waals surface area (Å²) in [6.45, 7) is 11.9. The number of rotatable bonds is 19. The number of hydrogen-bond acceptors (Lipinski definition) is 12. The Balaban J connectivity index is 0.00000215. The number of aliphatic hydroxyl groups is 1. The van der Waals surface area contributed by atoms with Crippen molar-refractivity contribution < 1.29 is 51.7 Å². The number of hydrogen-bond donors (Lipinski definition) is 3.